The van der Waals surface area contributed by atoms with E-state index in [0.29, 0.717) is 4.32 Å². The van der Waals surface area contributed by atoms with E-state index in [1.54, 1.807) is 18.0 Å². The number of benzene rings is 1. The molecule has 1 heterocycles. The van der Waals surface area contributed by atoms with Crippen LogP contribution >= 0.6 is 35.6 Å². The molecule has 0 N–H and O–H groups in total. The van der Waals surface area contributed by atoms with Gasteiger partial charge in [0.2, 0.25) is 0 Å². The highest BCUT2D eigenvalue weighted by atomic mass is 35.5. The molecule has 1 unspecified atom stereocenters. The molecule has 2 rings (SSSR count). The molecule has 0 amide bonds. The standard InChI is InChI=1S/C13H14ClFN2OS2/c1-13(2)11(16(3)12(19)20-13)17(18)7-8-9(14)5-4-6-10(8)15/h4-7,11H,1-3H3/b17-7-. The maximum absolute atomic E-state index is 13.7. The zero-order valence-electron chi connectivity index (χ0n) is 11.3. The van der Waals surface area contributed by atoms with Crippen LogP contribution in [0.5, 0.6) is 0 Å². The Morgan fingerprint density at radius 2 is 2.20 bits per heavy atom. The molecule has 1 atom stereocenters. The fourth-order valence-electron chi connectivity index (χ4n) is 2.22. The third-order valence-corrected chi connectivity index (χ3v) is 5.19. The maximum atomic E-state index is 13.7. The van der Waals surface area contributed by atoms with Crippen LogP contribution in [0.15, 0.2) is 18.2 Å². The van der Waals surface area contributed by atoms with Crippen LogP contribution in [0.3, 0.4) is 0 Å². The summed E-state index contributed by atoms with van der Waals surface area (Å²) < 4.78 is 14.7. The highest BCUT2D eigenvalue weighted by Gasteiger charge is 2.48. The van der Waals surface area contributed by atoms with Crippen molar-refractivity contribution in [2.24, 2.45) is 0 Å². The van der Waals surface area contributed by atoms with Crippen molar-refractivity contribution < 1.29 is 9.13 Å². The molecule has 1 saturated heterocycles. The first kappa shape index (κ1) is 15.5. The molecule has 1 aromatic carbocycles. The normalized spacial score (nSPS) is 22.4. The van der Waals surface area contributed by atoms with Crippen LogP contribution in [0.1, 0.15) is 19.4 Å². The Bertz CT molecular complexity index is 571. The van der Waals surface area contributed by atoms with Crippen molar-refractivity contribution in [3.05, 3.63) is 39.8 Å². The number of halogens is 2. The van der Waals surface area contributed by atoms with E-state index < -0.39 is 12.0 Å². The Labute approximate surface area is 132 Å². The average molecular weight is 333 g/mol. The van der Waals surface area contributed by atoms with Gasteiger partial charge in [0.1, 0.15) is 14.9 Å². The number of rotatable bonds is 2. The first-order valence-electron chi connectivity index (χ1n) is 5.94. The highest BCUT2D eigenvalue weighted by molar-refractivity contribution is 8.24. The van der Waals surface area contributed by atoms with Crippen LogP contribution in [0.2, 0.25) is 5.02 Å². The fourth-order valence-corrected chi connectivity index (χ4v) is 4.24. The maximum Gasteiger partial charge on any atom is 0.254 e. The number of hydrogen-bond acceptors (Lipinski definition) is 3. The summed E-state index contributed by atoms with van der Waals surface area (Å²) in [5.41, 5.74) is 0.0937. The summed E-state index contributed by atoms with van der Waals surface area (Å²) in [6.07, 6.45) is 0.686. The second-order valence-electron chi connectivity index (χ2n) is 5.08. The van der Waals surface area contributed by atoms with Gasteiger partial charge in [0.15, 0.2) is 6.21 Å². The molecule has 0 spiro atoms. The van der Waals surface area contributed by atoms with Crippen LogP contribution in [0.25, 0.3) is 0 Å². The molecule has 3 nitrogen and oxygen atoms in total. The molecule has 0 aliphatic carbocycles. The van der Waals surface area contributed by atoms with Crippen LogP contribution in [0.4, 0.5) is 4.39 Å². The minimum atomic E-state index is -0.521. The van der Waals surface area contributed by atoms with Crippen LogP contribution < -0.4 is 0 Å². The zero-order valence-corrected chi connectivity index (χ0v) is 13.7. The molecule has 0 bridgehead atoms. The number of hydrogen-bond donors (Lipinski definition) is 0. The van der Waals surface area contributed by atoms with E-state index in [1.165, 1.54) is 30.1 Å². The predicted molar refractivity (Wildman–Crippen MR) is 86.0 cm³/mol. The van der Waals surface area contributed by atoms with E-state index >= 15 is 0 Å². The van der Waals surface area contributed by atoms with E-state index in [0.717, 1.165) is 4.74 Å². The summed E-state index contributed by atoms with van der Waals surface area (Å²) >= 11 is 12.6. The van der Waals surface area contributed by atoms with Crippen molar-refractivity contribution in [1.29, 1.82) is 0 Å². The molecular weight excluding hydrogens is 319 g/mol. The number of thioether (sulfide) groups is 1. The van der Waals surface area contributed by atoms with Crippen molar-refractivity contribution >= 4 is 46.1 Å². The lowest BCUT2D eigenvalue weighted by Crippen LogP contribution is -2.46. The smallest absolute Gasteiger partial charge is 0.254 e. The van der Waals surface area contributed by atoms with E-state index in [4.69, 9.17) is 23.8 Å². The Morgan fingerprint density at radius 3 is 2.70 bits per heavy atom. The number of hydroxylamine groups is 1. The highest BCUT2D eigenvalue weighted by Crippen LogP contribution is 2.40. The van der Waals surface area contributed by atoms with Crippen LogP contribution in [0, 0.1) is 11.0 Å². The quantitative estimate of drug-likeness (QED) is 0.273. The molecule has 0 aromatic heterocycles. The Morgan fingerprint density at radius 1 is 1.55 bits per heavy atom. The van der Waals surface area contributed by atoms with Crippen molar-refractivity contribution in [1.82, 2.24) is 4.90 Å². The van der Waals surface area contributed by atoms with Crippen molar-refractivity contribution in [2.45, 2.75) is 24.8 Å². The topological polar surface area (TPSA) is 29.3 Å². The largest absolute Gasteiger partial charge is 0.622 e. The van der Waals surface area contributed by atoms with Gasteiger partial charge >= 0.3 is 0 Å². The Kier molecular flexibility index (Phi) is 4.27. The molecule has 20 heavy (non-hydrogen) atoms. The summed E-state index contributed by atoms with van der Waals surface area (Å²) in [4.78, 5) is 1.72. The summed E-state index contributed by atoms with van der Waals surface area (Å²) in [5, 5.41) is 12.6. The molecular formula is C13H14ClFN2OS2. The lowest BCUT2D eigenvalue weighted by Gasteiger charge is -2.27. The van der Waals surface area contributed by atoms with Gasteiger partial charge in [0.05, 0.1) is 10.6 Å². The minimum Gasteiger partial charge on any atom is -0.622 e. The lowest BCUT2D eigenvalue weighted by molar-refractivity contribution is -0.522. The van der Waals surface area contributed by atoms with Gasteiger partial charge in [-0.05, 0) is 26.0 Å². The molecule has 1 aliphatic rings. The fraction of sp³-hybridized carbons (Fsp3) is 0.385. The molecule has 1 aliphatic heterocycles. The number of nitrogens with zero attached hydrogens (tertiary/aromatic N) is 2. The van der Waals surface area contributed by atoms with Crippen molar-refractivity contribution in [3.63, 3.8) is 0 Å². The van der Waals surface area contributed by atoms with Gasteiger partial charge in [-0.25, -0.2) is 4.39 Å². The zero-order chi connectivity index (χ0) is 15.1. The molecule has 1 aromatic rings. The second-order valence-corrected chi connectivity index (χ2v) is 7.78. The molecule has 0 saturated carbocycles. The Balaban J connectivity index is 2.43. The van der Waals surface area contributed by atoms with Gasteiger partial charge < -0.3 is 10.1 Å². The summed E-state index contributed by atoms with van der Waals surface area (Å²) in [5.74, 6) is -0.521. The summed E-state index contributed by atoms with van der Waals surface area (Å²) in [7, 11) is 1.76. The average Bonchev–Trinajstić information content (AvgIpc) is 2.53. The van der Waals surface area contributed by atoms with E-state index in [1.807, 2.05) is 13.8 Å². The van der Waals surface area contributed by atoms with Gasteiger partial charge in [-0.3, -0.25) is 0 Å². The van der Waals surface area contributed by atoms with Gasteiger partial charge in [0, 0.05) is 7.05 Å². The Hall–Kier alpha value is -0.850. The third kappa shape index (κ3) is 2.77. The molecule has 7 heteroatoms. The second kappa shape index (κ2) is 5.50. The molecule has 1 fully saturated rings. The van der Waals surface area contributed by atoms with Gasteiger partial charge in [-0.2, -0.15) is 4.74 Å². The van der Waals surface area contributed by atoms with Gasteiger partial charge in [-0.15, -0.1) is 0 Å². The monoisotopic (exact) mass is 332 g/mol. The predicted octanol–water partition coefficient (Wildman–Crippen LogP) is 3.48. The van der Waals surface area contributed by atoms with Gasteiger partial charge in [0.25, 0.3) is 6.17 Å². The number of thiocarbonyl (C=S) groups is 1. The lowest BCUT2D eigenvalue weighted by atomic mass is 10.1. The van der Waals surface area contributed by atoms with Crippen molar-refractivity contribution in [2.75, 3.05) is 7.05 Å². The summed E-state index contributed by atoms with van der Waals surface area (Å²) in [6.45, 7) is 3.86. The van der Waals surface area contributed by atoms with E-state index in [-0.39, 0.29) is 15.3 Å². The van der Waals surface area contributed by atoms with Crippen LogP contribution in [-0.2, 0) is 0 Å². The first-order chi connectivity index (χ1) is 9.24. The third-order valence-electron chi connectivity index (χ3n) is 3.12. The van der Waals surface area contributed by atoms with Gasteiger partial charge in [-0.1, -0.05) is 41.6 Å². The SMILES string of the molecule is CN1C(=S)SC(C)(C)C1/[N+]([O-])=C/c1c(F)cccc1Cl. The first-order valence-corrected chi connectivity index (χ1v) is 7.54. The molecule has 0 radical (unpaired) electrons. The van der Waals surface area contributed by atoms with E-state index in [9.17, 15) is 9.60 Å². The summed E-state index contributed by atoms with van der Waals surface area (Å²) in [6, 6.07) is 4.32. The van der Waals surface area contributed by atoms with Crippen molar-refractivity contribution in [3.8, 4) is 0 Å². The van der Waals surface area contributed by atoms with Crippen LogP contribution in [-0.4, -0.2) is 38.1 Å². The minimum absolute atomic E-state index is 0.0937. The molecule has 108 valence electrons. The van der Waals surface area contributed by atoms with E-state index in [2.05, 4.69) is 0 Å².